The summed E-state index contributed by atoms with van der Waals surface area (Å²) in [6.45, 7) is 0.184. The van der Waals surface area contributed by atoms with Gasteiger partial charge < -0.3 is 15.2 Å². The number of carbonyl (C=O) groups is 1. The van der Waals surface area contributed by atoms with Gasteiger partial charge in [0.25, 0.3) is 0 Å². The summed E-state index contributed by atoms with van der Waals surface area (Å²) in [5.74, 6) is 0.307. The number of anilines is 1. The first-order valence-corrected chi connectivity index (χ1v) is 10.6. The molecule has 0 saturated heterocycles. The van der Waals surface area contributed by atoms with Crippen molar-refractivity contribution in [3.05, 3.63) is 60.7 Å². The number of carbonyl (C=O) groups excluding carboxylic acids is 1. The third kappa shape index (κ3) is 5.17. The summed E-state index contributed by atoms with van der Waals surface area (Å²) in [7, 11) is 1.51. The van der Waals surface area contributed by atoms with E-state index in [1.165, 1.54) is 7.11 Å². The van der Waals surface area contributed by atoms with Gasteiger partial charge in [-0.3, -0.25) is 0 Å². The van der Waals surface area contributed by atoms with E-state index in [1.54, 1.807) is 29.7 Å². The van der Waals surface area contributed by atoms with Crippen LogP contribution in [0.15, 0.2) is 55.1 Å². The molecule has 0 atom stereocenters. The highest BCUT2D eigenvalue weighted by molar-refractivity contribution is 5.86. The van der Waals surface area contributed by atoms with Gasteiger partial charge in [0, 0.05) is 48.0 Å². The fourth-order valence-electron chi connectivity index (χ4n) is 3.71. The van der Waals surface area contributed by atoms with Crippen LogP contribution in [0.5, 0.6) is 6.01 Å². The lowest BCUT2D eigenvalue weighted by Gasteiger charge is -2.33. The van der Waals surface area contributed by atoms with E-state index >= 15 is 0 Å². The molecule has 1 amide bonds. The highest BCUT2D eigenvalue weighted by Gasteiger charge is 2.32. The normalized spacial score (nSPS) is 18.1. The van der Waals surface area contributed by atoms with Gasteiger partial charge in [-0.2, -0.15) is 0 Å². The lowest BCUT2D eigenvalue weighted by molar-refractivity contribution is 0.142. The number of methoxy groups -OCH3 is 1. The molecule has 3 aromatic rings. The van der Waals surface area contributed by atoms with Crippen LogP contribution in [0, 0.1) is 0 Å². The van der Waals surface area contributed by atoms with Gasteiger partial charge in [0.15, 0.2) is 0 Å². The molecule has 2 heterocycles. The second kappa shape index (κ2) is 10.1. The molecule has 0 radical (unpaired) electrons. The number of benzene rings is 1. The maximum atomic E-state index is 13.1. The van der Waals surface area contributed by atoms with Crippen molar-refractivity contribution in [1.29, 1.82) is 0 Å². The van der Waals surface area contributed by atoms with Gasteiger partial charge >= 0.3 is 12.1 Å². The zero-order valence-electron chi connectivity index (χ0n) is 17.9. The number of ether oxygens (including phenoxy) is 2. The van der Waals surface area contributed by atoms with E-state index in [0.717, 1.165) is 42.4 Å². The molecule has 1 aromatic carbocycles. The first-order valence-electron chi connectivity index (χ1n) is 10.6. The molecule has 0 unspecified atom stereocenters. The van der Waals surface area contributed by atoms with Crippen LogP contribution in [0.4, 0.5) is 10.7 Å². The van der Waals surface area contributed by atoms with Crippen LogP contribution in [0.2, 0.25) is 0 Å². The van der Waals surface area contributed by atoms with Crippen LogP contribution in [-0.2, 0) is 11.3 Å². The molecular weight excluding hydrogens is 408 g/mol. The molecule has 2 aromatic heterocycles. The number of nitrogens with zero attached hydrogens (tertiary/aromatic N) is 5. The van der Waals surface area contributed by atoms with E-state index in [9.17, 15) is 4.79 Å². The summed E-state index contributed by atoms with van der Waals surface area (Å²) in [6, 6.07) is 9.96. The Balaban J connectivity index is 1.53. The average Bonchev–Trinajstić information content (AvgIpc) is 2.85. The Bertz CT molecular complexity index is 1010. The van der Waals surface area contributed by atoms with Crippen molar-refractivity contribution in [3.8, 4) is 17.1 Å². The summed E-state index contributed by atoms with van der Waals surface area (Å²) in [4.78, 5) is 31.8. The third-order valence-electron chi connectivity index (χ3n) is 5.51. The Morgan fingerprint density at radius 1 is 0.969 bits per heavy atom. The molecule has 166 valence electrons. The molecule has 1 fully saturated rings. The number of hydrogen-bond acceptors (Lipinski definition) is 8. The first-order chi connectivity index (χ1) is 15.6. The van der Waals surface area contributed by atoms with Gasteiger partial charge in [-0.1, -0.05) is 30.3 Å². The van der Waals surface area contributed by atoms with Gasteiger partial charge in [0.1, 0.15) is 6.61 Å². The van der Waals surface area contributed by atoms with Crippen molar-refractivity contribution < 1.29 is 14.3 Å². The minimum atomic E-state index is -0.463. The second-order valence-corrected chi connectivity index (χ2v) is 7.71. The molecule has 1 saturated carbocycles. The van der Waals surface area contributed by atoms with Gasteiger partial charge in [-0.25, -0.2) is 29.6 Å². The topological polar surface area (TPSA) is 116 Å². The predicted octanol–water partition coefficient (Wildman–Crippen LogP) is 3.36. The molecule has 0 bridgehead atoms. The Morgan fingerprint density at radius 2 is 1.56 bits per heavy atom. The van der Waals surface area contributed by atoms with Crippen LogP contribution in [0.25, 0.3) is 11.1 Å². The van der Waals surface area contributed by atoms with Crippen LogP contribution in [0.3, 0.4) is 0 Å². The SMILES string of the molecule is COc1ncc(-c2cnc(N(C(=O)OCc3ccccc3)[C@H]3CC[C@H](N)CC3)nc2)cn1. The molecular formula is C23H26N6O3. The van der Waals surface area contributed by atoms with Crippen LogP contribution < -0.4 is 15.4 Å². The highest BCUT2D eigenvalue weighted by atomic mass is 16.6. The minimum Gasteiger partial charge on any atom is -0.467 e. The summed E-state index contributed by atoms with van der Waals surface area (Å²) in [6.07, 6.45) is 9.35. The van der Waals surface area contributed by atoms with Crippen LogP contribution >= 0.6 is 0 Å². The lowest BCUT2D eigenvalue weighted by Crippen LogP contribution is -2.45. The van der Waals surface area contributed by atoms with E-state index in [0.29, 0.717) is 5.95 Å². The maximum absolute atomic E-state index is 13.1. The zero-order valence-corrected chi connectivity index (χ0v) is 17.9. The smallest absolute Gasteiger partial charge is 0.417 e. The van der Waals surface area contributed by atoms with Gasteiger partial charge in [0.05, 0.1) is 7.11 Å². The van der Waals surface area contributed by atoms with Crippen molar-refractivity contribution in [1.82, 2.24) is 19.9 Å². The van der Waals surface area contributed by atoms with E-state index in [4.69, 9.17) is 15.2 Å². The third-order valence-corrected chi connectivity index (χ3v) is 5.51. The number of rotatable bonds is 6. The molecule has 9 heteroatoms. The standard InChI is InChI=1S/C23H26N6O3/c1-31-22-27-13-18(14-28-22)17-11-25-21(26-12-17)29(20-9-7-19(24)8-10-20)23(30)32-15-16-5-3-2-4-6-16/h2-6,11-14,19-20H,7-10,15,24H2,1H3/t19-,20-. The van der Waals surface area contributed by atoms with Crippen molar-refractivity contribution >= 4 is 12.0 Å². The summed E-state index contributed by atoms with van der Waals surface area (Å²) in [5, 5.41) is 0. The van der Waals surface area contributed by atoms with E-state index in [1.807, 2.05) is 30.3 Å². The lowest BCUT2D eigenvalue weighted by atomic mass is 9.91. The Hall–Kier alpha value is -3.59. The maximum Gasteiger partial charge on any atom is 0.417 e. The average molecular weight is 435 g/mol. The largest absolute Gasteiger partial charge is 0.467 e. The predicted molar refractivity (Wildman–Crippen MR) is 119 cm³/mol. The van der Waals surface area contributed by atoms with E-state index in [2.05, 4.69) is 19.9 Å². The second-order valence-electron chi connectivity index (χ2n) is 7.71. The molecule has 2 N–H and O–H groups in total. The van der Waals surface area contributed by atoms with Gasteiger partial charge in [0.2, 0.25) is 5.95 Å². The van der Waals surface area contributed by atoms with Gasteiger partial charge in [-0.15, -0.1) is 0 Å². The van der Waals surface area contributed by atoms with Crippen molar-refractivity contribution in [2.75, 3.05) is 12.0 Å². The van der Waals surface area contributed by atoms with Gasteiger partial charge in [-0.05, 0) is 31.2 Å². The highest BCUT2D eigenvalue weighted by Crippen LogP contribution is 2.27. The fourth-order valence-corrected chi connectivity index (χ4v) is 3.71. The van der Waals surface area contributed by atoms with Crippen LogP contribution in [-0.4, -0.2) is 45.2 Å². The molecule has 0 spiro atoms. The number of amides is 1. The number of aromatic nitrogens is 4. The fraction of sp³-hybridized carbons (Fsp3) is 0.348. The van der Waals surface area contributed by atoms with E-state index < -0.39 is 6.09 Å². The monoisotopic (exact) mass is 434 g/mol. The van der Waals surface area contributed by atoms with Crippen LogP contribution in [0.1, 0.15) is 31.2 Å². The molecule has 1 aliphatic rings. The van der Waals surface area contributed by atoms with Crippen molar-refractivity contribution in [2.24, 2.45) is 5.73 Å². The first kappa shape index (κ1) is 21.6. The molecule has 32 heavy (non-hydrogen) atoms. The zero-order chi connectivity index (χ0) is 22.3. The Morgan fingerprint density at radius 3 is 2.16 bits per heavy atom. The number of nitrogens with two attached hydrogens (primary N) is 1. The molecule has 1 aliphatic carbocycles. The Labute approximate surface area is 186 Å². The summed E-state index contributed by atoms with van der Waals surface area (Å²) >= 11 is 0. The quantitative estimate of drug-likeness (QED) is 0.628. The minimum absolute atomic E-state index is 0.0618. The van der Waals surface area contributed by atoms with E-state index in [-0.39, 0.29) is 24.7 Å². The molecule has 9 nitrogen and oxygen atoms in total. The summed E-state index contributed by atoms with van der Waals surface area (Å²) in [5.41, 5.74) is 8.47. The summed E-state index contributed by atoms with van der Waals surface area (Å²) < 4.78 is 10.6. The van der Waals surface area contributed by atoms with Crippen molar-refractivity contribution in [3.63, 3.8) is 0 Å². The molecule has 4 rings (SSSR count). The Kier molecular flexibility index (Phi) is 6.86. The number of hydrogen-bond donors (Lipinski definition) is 1. The molecule has 0 aliphatic heterocycles. The van der Waals surface area contributed by atoms with Crippen molar-refractivity contribution in [2.45, 2.75) is 44.4 Å².